The zero-order valence-electron chi connectivity index (χ0n) is 10.6. The summed E-state index contributed by atoms with van der Waals surface area (Å²) in [5, 5.41) is 0.650. The molecule has 1 N–H and O–H groups in total. The highest BCUT2D eigenvalue weighted by molar-refractivity contribution is 7.91. The van der Waals surface area contributed by atoms with Crippen LogP contribution in [0.25, 0.3) is 10.9 Å². The molecule has 0 saturated heterocycles. The van der Waals surface area contributed by atoms with Crippen LogP contribution in [-0.4, -0.2) is 24.9 Å². The molecule has 100 valence electrons. The van der Waals surface area contributed by atoms with Crippen LogP contribution in [0.15, 0.2) is 41.9 Å². The number of carbonyl (C=O) groups is 1. The number of rotatable bonds is 5. The summed E-state index contributed by atoms with van der Waals surface area (Å²) in [5.41, 5.74) is 0.918. The molecule has 19 heavy (non-hydrogen) atoms. The van der Waals surface area contributed by atoms with E-state index < -0.39 is 9.84 Å². The van der Waals surface area contributed by atoms with E-state index in [0.29, 0.717) is 10.9 Å². The molecular weight excluding hydrogens is 262 g/mol. The summed E-state index contributed by atoms with van der Waals surface area (Å²) >= 11 is 0. The van der Waals surface area contributed by atoms with Gasteiger partial charge in [0.2, 0.25) is 0 Å². The van der Waals surface area contributed by atoms with Gasteiger partial charge in [-0.15, -0.1) is 6.58 Å². The van der Waals surface area contributed by atoms with E-state index >= 15 is 0 Å². The number of hydrogen-bond acceptors (Lipinski definition) is 3. The Morgan fingerprint density at radius 2 is 2.05 bits per heavy atom. The number of benzene rings is 1. The minimum atomic E-state index is -3.55. The first kappa shape index (κ1) is 13.5. The molecule has 1 aromatic heterocycles. The summed E-state index contributed by atoms with van der Waals surface area (Å²) in [6, 6.07) is 7.09. The van der Waals surface area contributed by atoms with E-state index in [4.69, 9.17) is 0 Å². The number of sulfone groups is 1. The zero-order valence-corrected chi connectivity index (χ0v) is 11.5. The van der Waals surface area contributed by atoms with Crippen molar-refractivity contribution < 1.29 is 13.2 Å². The predicted molar refractivity (Wildman–Crippen MR) is 75.2 cm³/mol. The molecule has 0 spiro atoms. The summed E-state index contributed by atoms with van der Waals surface area (Å²) in [5.74, 6) is -0.371. The van der Waals surface area contributed by atoms with Gasteiger partial charge >= 0.3 is 0 Å². The molecule has 1 aromatic carbocycles. The second-order valence-electron chi connectivity index (χ2n) is 4.22. The lowest BCUT2D eigenvalue weighted by atomic mass is 10.1. The summed E-state index contributed by atoms with van der Waals surface area (Å²) in [4.78, 5) is 14.9. The fraction of sp³-hybridized carbons (Fsp3) is 0.214. The lowest BCUT2D eigenvalue weighted by Crippen LogP contribution is -2.10. The third kappa shape index (κ3) is 2.33. The Morgan fingerprint density at radius 1 is 1.37 bits per heavy atom. The lowest BCUT2D eigenvalue weighted by molar-refractivity contribution is 0.0986. The van der Waals surface area contributed by atoms with E-state index in [-0.39, 0.29) is 28.5 Å². The minimum Gasteiger partial charge on any atom is -0.345 e. The van der Waals surface area contributed by atoms with E-state index in [2.05, 4.69) is 11.6 Å². The molecule has 0 unspecified atom stereocenters. The van der Waals surface area contributed by atoms with Crippen LogP contribution < -0.4 is 0 Å². The first-order valence-electron chi connectivity index (χ1n) is 5.98. The topological polar surface area (TPSA) is 67.0 Å². The van der Waals surface area contributed by atoms with Crippen molar-refractivity contribution in [1.82, 2.24) is 4.98 Å². The highest BCUT2D eigenvalue weighted by atomic mass is 32.2. The van der Waals surface area contributed by atoms with Crippen molar-refractivity contribution >= 4 is 26.5 Å². The molecule has 2 rings (SSSR count). The van der Waals surface area contributed by atoms with Crippen LogP contribution in [0.5, 0.6) is 0 Å². The van der Waals surface area contributed by atoms with E-state index in [1.165, 1.54) is 6.08 Å². The number of fused-ring (bicyclic) bond motifs is 1. The summed E-state index contributed by atoms with van der Waals surface area (Å²) in [6.45, 7) is 5.16. The largest absolute Gasteiger partial charge is 0.345 e. The molecule has 5 heteroatoms. The number of aromatic nitrogens is 1. The van der Waals surface area contributed by atoms with Gasteiger partial charge in [-0.1, -0.05) is 31.2 Å². The van der Waals surface area contributed by atoms with Gasteiger partial charge in [-0.3, -0.25) is 4.79 Å². The average molecular weight is 277 g/mol. The van der Waals surface area contributed by atoms with Gasteiger partial charge in [0.25, 0.3) is 0 Å². The van der Waals surface area contributed by atoms with Crippen LogP contribution in [0, 0.1) is 0 Å². The van der Waals surface area contributed by atoms with Gasteiger partial charge in [-0.25, -0.2) is 8.42 Å². The first-order chi connectivity index (χ1) is 9.01. The van der Waals surface area contributed by atoms with Gasteiger partial charge in [0.15, 0.2) is 15.6 Å². The highest BCUT2D eigenvalue weighted by Gasteiger charge is 2.25. The maximum atomic E-state index is 12.2. The van der Waals surface area contributed by atoms with Crippen molar-refractivity contribution in [3.63, 3.8) is 0 Å². The smallest absolute Gasteiger partial charge is 0.197 e. The fourth-order valence-corrected chi connectivity index (χ4v) is 3.32. The Morgan fingerprint density at radius 3 is 2.68 bits per heavy atom. The molecule has 0 saturated carbocycles. The van der Waals surface area contributed by atoms with E-state index in [1.807, 2.05) is 0 Å². The highest BCUT2D eigenvalue weighted by Crippen LogP contribution is 2.27. The molecule has 0 atom stereocenters. The van der Waals surface area contributed by atoms with Gasteiger partial charge in [-0.2, -0.15) is 0 Å². The number of aromatic amines is 1. The molecule has 0 bridgehead atoms. The Balaban J connectivity index is 2.80. The second-order valence-corrected chi connectivity index (χ2v) is 6.19. The Hall–Kier alpha value is -1.88. The maximum absolute atomic E-state index is 12.2. The first-order valence-corrected chi connectivity index (χ1v) is 7.64. The number of para-hydroxylation sites is 1. The maximum Gasteiger partial charge on any atom is 0.197 e. The van der Waals surface area contributed by atoms with E-state index in [9.17, 15) is 13.2 Å². The van der Waals surface area contributed by atoms with Crippen LogP contribution in [-0.2, 0) is 9.84 Å². The quantitative estimate of drug-likeness (QED) is 0.675. The standard InChI is InChI=1S/C14H15NO3S/c1-3-9-19(17,18)14-13(12(16)4-2)10-7-5-6-8-11(10)15-14/h3,5-8,15H,1,4,9H2,2H3. The molecule has 0 fully saturated rings. The van der Waals surface area contributed by atoms with Gasteiger partial charge < -0.3 is 4.98 Å². The average Bonchev–Trinajstić information content (AvgIpc) is 2.78. The molecule has 2 aromatic rings. The second kappa shape index (κ2) is 5.01. The number of Topliss-reactive ketones (excluding diaryl/α,β-unsaturated/α-hetero) is 1. The summed E-state index contributed by atoms with van der Waals surface area (Å²) in [7, 11) is -3.55. The minimum absolute atomic E-state index is 0.000417. The Kier molecular flexibility index (Phi) is 3.57. The number of carbonyl (C=O) groups excluding carboxylic acids is 1. The SMILES string of the molecule is C=CCS(=O)(=O)c1[nH]c2ccccc2c1C(=O)CC. The summed E-state index contributed by atoms with van der Waals surface area (Å²) in [6.07, 6.45) is 1.58. The molecule has 0 aliphatic heterocycles. The number of H-pyrrole nitrogens is 1. The molecule has 0 radical (unpaired) electrons. The Labute approximate surface area is 112 Å². The molecule has 0 aliphatic rings. The lowest BCUT2D eigenvalue weighted by Gasteiger charge is -2.02. The van der Waals surface area contributed by atoms with Gasteiger partial charge in [0.05, 0.1) is 11.3 Å². The molecule has 0 aliphatic carbocycles. The van der Waals surface area contributed by atoms with Crippen molar-refractivity contribution in [3.05, 3.63) is 42.5 Å². The van der Waals surface area contributed by atoms with Gasteiger partial charge in [-0.05, 0) is 6.07 Å². The third-order valence-corrected chi connectivity index (χ3v) is 4.52. The van der Waals surface area contributed by atoms with Crippen molar-refractivity contribution in [1.29, 1.82) is 0 Å². The van der Waals surface area contributed by atoms with E-state index in [0.717, 1.165) is 0 Å². The zero-order chi connectivity index (χ0) is 14.0. The monoisotopic (exact) mass is 277 g/mol. The Bertz CT molecular complexity index is 741. The molecular formula is C14H15NO3S. The van der Waals surface area contributed by atoms with Crippen molar-refractivity contribution in [3.8, 4) is 0 Å². The van der Waals surface area contributed by atoms with Crippen LogP contribution >= 0.6 is 0 Å². The fourth-order valence-electron chi connectivity index (χ4n) is 2.04. The number of nitrogens with one attached hydrogen (secondary N) is 1. The van der Waals surface area contributed by atoms with Crippen LogP contribution in [0.4, 0.5) is 0 Å². The van der Waals surface area contributed by atoms with Gasteiger partial charge in [0, 0.05) is 17.3 Å². The number of ketones is 1. The normalized spacial score (nSPS) is 11.6. The van der Waals surface area contributed by atoms with Crippen LogP contribution in [0.2, 0.25) is 0 Å². The van der Waals surface area contributed by atoms with Crippen molar-refractivity contribution in [2.45, 2.75) is 18.4 Å². The van der Waals surface area contributed by atoms with Crippen LogP contribution in [0.3, 0.4) is 0 Å². The van der Waals surface area contributed by atoms with E-state index in [1.54, 1.807) is 31.2 Å². The van der Waals surface area contributed by atoms with Crippen molar-refractivity contribution in [2.24, 2.45) is 0 Å². The molecule has 4 nitrogen and oxygen atoms in total. The molecule has 0 amide bonds. The third-order valence-electron chi connectivity index (χ3n) is 2.92. The van der Waals surface area contributed by atoms with Gasteiger partial charge in [0.1, 0.15) is 5.03 Å². The number of hydrogen-bond donors (Lipinski definition) is 1. The van der Waals surface area contributed by atoms with Crippen LogP contribution in [0.1, 0.15) is 23.7 Å². The predicted octanol–water partition coefficient (Wildman–Crippen LogP) is 2.72. The summed E-state index contributed by atoms with van der Waals surface area (Å²) < 4.78 is 24.4. The molecule has 1 heterocycles. The van der Waals surface area contributed by atoms with Crippen molar-refractivity contribution in [2.75, 3.05) is 5.75 Å².